The predicted molar refractivity (Wildman–Crippen MR) is 101 cm³/mol. The van der Waals surface area contributed by atoms with Gasteiger partial charge >= 0.3 is 6.55 Å². The van der Waals surface area contributed by atoms with Crippen LogP contribution in [0, 0.1) is 0 Å². The highest BCUT2D eigenvalue weighted by molar-refractivity contribution is 6.30. The van der Waals surface area contributed by atoms with Gasteiger partial charge in [0.1, 0.15) is 5.82 Å². The molecule has 0 aliphatic heterocycles. The molecule has 0 N–H and O–H groups in total. The summed E-state index contributed by atoms with van der Waals surface area (Å²) in [6.45, 7) is -2.88. The maximum Gasteiger partial charge on any atom is 0.319 e. The lowest BCUT2D eigenvalue weighted by Crippen LogP contribution is -2.29. The van der Waals surface area contributed by atoms with E-state index in [0.29, 0.717) is 15.2 Å². The standard InChI is InChI=1S/C20H16ClF2N3O2/c1-25(12-17-24-10-11-26(17)20(22)23)19(28)16-5-3-2-4-15(16)18(27)13-6-8-14(21)9-7-13/h2-11,20H,12H2,1H3. The van der Waals surface area contributed by atoms with Crippen molar-refractivity contribution < 1.29 is 18.4 Å². The van der Waals surface area contributed by atoms with Gasteiger partial charge in [-0.3, -0.25) is 14.2 Å². The van der Waals surface area contributed by atoms with Gasteiger partial charge < -0.3 is 4.90 Å². The van der Waals surface area contributed by atoms with E-state index >= 15 is 0 Å². The van der Waals surface area contributed by atoms with E-state index in [1.165, 1.54) is 24.2 Å². The van der Waals surface area contributed by atoms with Crippen LogP contribution in [0.25, 0.3) is 0 Å². The number of carbonyl (C=O) groups is 2. The van der Waals surface area contributed by atoms with Crippen LogP contribution in [0.15, 0.2) is 60.9 Å². The summed E-state index contributed by atoms with van der Waals surface area (Å²) in [6, 6.07) is 12.7. The fraction of sp³-hybridized carbons (Fsp3) is 0.150. The highest BCUT2D eigenvalue weighted by Gasteiger charge is 2.22. The Bertz CT molecular complexity index is 1000. The van der Waals surface area contributed by atoms with Gasteiger partial charge in [0.2, 0.25) is 0 Å². The van der Waals surface area contributed by atoms with Crippen molar-refractivity contribution in [2.24, 2.45) is 0 Å². The topological polar surface area (TPSA) is 55.2 Å². The molecule has 0 saturated carbocycles. The number of benzene rings is 2. The van der Waals surface area contributed by atoms with Crippen molar-refractivity contribution in [3.05, 3.63) is 88.5 Å². The molecule has 0 fully saturated rings. The number of halogens is 3. The van der Waals surface area contributed by atoms with Gasteiger partial charge in [0.15, 0.2) is 5.78 Å². The molecule has 144 valence electrons. The molecule has 0 spiro atoms. The monoisotopic (exact) mass is 403 g/mol. The summed E-state index contributed by atoms with van der Waals surface area (Å²) in [5.41, 5.74) is 0.791. The Balaban J connectivity index is 1.87. The smallest absolute Gasteiger partial charge is 0.319 e. The lowest BCUT2D eigenvalue weighted by molar-refractivity contribution is 0.0612. The third-order valence-corrected chi connectivity index (χ3v) is 4.44. The highest BCUT2D eigenvalue weighted by Crippen LogP contribution is 2.19. The predicted octanol–water partition coefficient (Wildman–Crippen LogP) is 4.43. The van der Waals surface area contributed by atoms with Gasteiger partial charge in [-0.15, -0.1) is 0 Å². The van der Waals surface area contributed by atoms with Crippen LogP contribution in [0.4, 0.5) is 8.78 Å². The number of ketones is 1. The third-order valence-electron chi connectivity index (χ3n) is 4.19. The second-order valence-corrected chi connectivity index (χ2v) is 6.51. The van der Waals surface area contributed by atoms with Crippen molar-refractivity contribution in [2.45, 2.75) is 13.1 Å². The summed E-state index contributed by atoms with van der Waals surface area (Å²) >= 11 is 5.85. The fourth-order valence-corrected chi connectivity index (χ4v) is 2.88. The number of imidazole rings is 1. The van der Waals surface area contributed by atoms with Crippen LogP contribution >= 0.6 is 11.6 Å². The molecule has 1 aromatic heterocycles. The number of nitrogens with zero attached hydrogens (tertiary/aromatic N) is 3. The van der Waals surface area contributed by atoms with Gasteiger partial charge in [0.25, 0.3) is 5.91 Å². The van der Waals surface area contributed by atoms with Crippen molar-refractivity contribution in [1.82, 2.24) is 14.5 Å². The Morgan fingerprint density at radius 3 is 2.39 bits per heavy atom. The number of rotatable bonds is 6. The molecule has 5 nitrogen and oxygen atoms in total. The molecule has 2 aromatic carbocycles. The van der Waals surface area contributed by atoms with Crippen LogP contribution in [0.2, 0.25) is 5.02 Å². The summed E-state index contributed by atoms with van der Waals surface area (Å²) in [5, 5.41) is 0.496. The summed E-state index contributed by atoms with van der Waals surface area (Å²) in [7, 11) is 1.47. The van der Waals surface area contributed by atoms with E-state index < -0.39 is 12.5 Å². The summed E-state index contributed by atoms with van der Waals surface area (Å²) in [4.78, 5) is 30.8. The first-order valence-electron chi connectivity index (χ1n) is 8.33. The molecule has 8 heteroatoms. The maximum absolute atomic E-state index is 13.0. The lowest BCUT2D eigenvalue weighted by Gasteiger charge is -2.19. The zero-order valence-electron chi connectivity index (χ0n) is 14.8. The van der Waals surface area contributed by atoms with E-state index in [4.69, 9.17) is 11.6 Å². The lowest BCUT2D eigenvalue weighted by atomic mass is 9.97. The first-order valence-corrected chi connectivity index (χ1v) is 8.71. The van der Waals surface area contributed by atoms with E-state index in [1.807, 2.05) is 0 Å². The normalized spacial score (nSPS) is 10.9. The maximum atomic E-state index is 13.0. The van der Waals surface area contributed by atoms with Crippen LogP contribution in [-0.4, -0.2) is 33.2 Å². The summed E-state index contributed by atoms with van der Waals surface area (Å²) < 4.78 is 26.7. The molecule has 0 atom stereocenters. The van der Waals surface area contributed by atoms with Crippen LogP contribution in [0.1, 0.15) is 38.7 Å². The zero-order valence-corrected chi connectivity index (χ0v) is 15.6. The van der Waals surface area contributed by atoms with Crippen molar-refractivity contribution in [2.75, 3.05) is 7.05 Å². The van der Waals surface area contributed by atoms with Gasteiger partial charge in [-0.25, -0.2) is 4.98 Å². The van der Waals surface area contributed by atoms with Gasteiger partial charge in [-0.05, 0) is 30.3 Å². The zero-order chi connectivity index (χ0) is 20.3. The van der Waals surface area contributed by atoms with Crippen molar-refractivity contribution in [3.8, 4) is 0 Å². The molecular formula is C20H16ClF2N3O2. The molecule has 0 unspecified atom stereocenters. The van der Waals surface area contributed by atoms with E-state index in [0.717, 1.165) is 6.20 Å². The second kappa shape index (κ2) is 8.31. The third kappa shape index (κ3) is 4.09. The van der Waals surface area contributed by atoms with E-state index in [9.17, 15) is 18.4 Å². The molecule has 0 aliphatic rings. The molecule has 3 rings (SSSR count). The van der Waals surface area contributed by atoms with Crippen LogP contribution < -0.4 is 0 Å². The Labute approximate surface area is 165 Å². The minimum Gasteiger partial charge on any atom is -0.334 e. The van der Waals surface area contributed by atoms with Gasteiger partial charge in [-0.1, -0.05) is 29.8 Å². The quantitative estimate of drug-likeness (QED) is 0.572. The number of aromatic nitrogens is 2. The van der Waals surface area contributed by atoms with Crippen LogP contribution in [0.3, 0.4) is 0 Å². The average molecular weight is 404 g/mol. The number of alkyl halides is 2. The minimum absolute atomic E-state index is 0.0485. The van der Waals surface area contributed by atoms with E-state index in [2.05, 4.69) is 4.98 Å². The molecule has 0 radical (unpaired) electrons. The van der Waals surface area contributed by atoms with Gasteiger partial charge in [-0.2, -0.15) is 8.78 Å². The van der Waals surface area contributed by atoms with E-state index in [-0.39, 0.29) is 29.3 Å². The van der Waals surface area contributed by atoms with Crippen LogP contribution in [0.5, 0.6) is 0 Å². The first kappa shape index (κ1) is 19.7. The Morgan fingerprint density at radius 1 is 1.11 bits per heavy atom. The molecule has 0 bridgehead atoms. The fourth-order valence-electron chi connectivity index (χ4n) is 2.76. The minimum atomic E-state index is -2.75. The second-order valence-electron chi connectivity index (χ2n) is 6.07. The van der Waals surface area contributed by atoms with Crippen molar-refractivity contribution in [3.63, 3.8) is 0 Å². The molecular weight excluding hydrogens is 388 g/mol. The molecule has 0 saturated heterocycles. The Kier molecular flexibility index (Phi) is 5.84. The number of hydrogen-bond donors (Lipinski definition) is 0. The summed E-state index contributed by atoms with van der Waals surface area (Å²) in [5.74, 6) is -0.753. The largest absolute Gasteiger partial charge is 0.334 e. The van der Waals surface area contributed by atoms with Gasteiger partial charge in [0, 0.05) is 35.6 Å². The van der Waals surface area contributed by atoms with Crippen LogP contribution in [-0.2, 0) is 6.54 Å². The van der Waals surface area contributed by atoms with E-state index in [1.54, 1.807) is 42.5 Å². The molecule has 3 aromatic rings. The SMILES string of the molecule is CN(Cc1nccn1C(F)F)C(=O)c1ccccc1C(=O)c1ccc(Cl)cc1. The molecule has 1 heterocycles. The molecule has 28 heavy (non-hydrogen) atoms. The number of hydrogen-bond acceptors (Lipinski definition) is 3. The Morgan fingerprint density at radius 2 is 1.75 bits per heavy atom. The van der Waals surface area contributed by atoms with Gasteiger partial charge in [0.05, 0.1) is 12.1 Å². The molecule has 1 amide bonds. The van der Waals surface area contributed by atoms with Crippen molar-refractivity contribution in [1.29, 1.82) is 0 Å². The first-order chi connectivity index (χ1) is 13.4. The number of carbonyl (C=O) groups excluding carboxylic acids is 2. The Hall–Kier alpha value is -3.06. The average Bonchev–Trinajstić information content (AvgIpc) is 3.16. The highest BCUT2D eigenvalue weighted by atomic mass is 35.5. The summed E-state index contributed by atoms with van der Waals surface area (Å²) in [6.07, 6.45) is 2.40. The van der Waals surface area contributed by atoms with Crippen molar-refractivity contribution >= 4 is 23.3 Å². The number of amides is 1. The molecule has 0 aliphatic carbocycles.